The van der Waals surface area contributed by atoms with Crippen LogP contribution in [0.3, 0.4) is 0 Å². The maximum atomic E-state index is 5.43. The number of benzene rings is 1. The molecule has 0 amide bonds. The van der Waals surface area contributed by atoms with Gasteiger partial charge in [-0.15, -0.1) is 0 Å². The fraction of sp³-hybridized carbons (Fsp3) is 0.353. The normalized spacial score (nSPS) is 18.2. The zero-order chi connectivity index (χ0) is 14.7. The van der Waals surface area contributed by atoms with E-state index in [9.17, 15) is 0 Å². The van der Waals surface area contributed by atoms with Gasteiger partial charge in [-0.25, -0.2) is 4.98 Å². The molecule has 0 N–H and O–H groups in total. The molecule has 2 aromatic rings. The SMILES string of the molecule is CO[C@H]1CCN(c2ccc(Br)c(Cc3ccccc3)n2)C1. The Morgan fingerprint density at radius 3 is 2.76 bits per heavy atom. The minimum atomic E-state index is 0.327. The first-order valence-electron chi connectivity index (χ1n) is 7.23. The van der Waals surface area contributed by atoms with Gasteiger partial charge in [0, 0.05) is 31.1 Å². The van der Waals surface area contributed by atoms with Gasteiger partial charge in [0.15, 0.2) is 0 Å². The maximum absolute atomic E-state index is 5.43. The van der Waals surface area contributed by atoms with E-state index >= 15 is 0 Å². The zero-order valence-corrected chi connectivity index (χ0v) is 13.7. The molecule has 2 heterocycles. The first-order chi connectivity index (χ1) is 10.3. The first-order valence-corrected chi connectivity index (χ1v) is 8.02. The summed E-state index contributed by atoms with van der Waals surface area (Å²) in [6.45, 7) is 1.94. The van der Waals surface area contributed by atoms with E-state index < -0.39 is 0 Å². The molecule has 1 aliphatic heterocycles. The Hall–Kier alpha value is -1.39. The van der Waals surface area contributed by atoms with E-state index in [1.807, 2.05) is 6.07 Å². The number of methoxy groups -OCH3 is 1. The summed E-state index contributed by atoms with van der Waals surface area (Å²) < 4.78 is 6.50. The largest absolute Gasteiger partial charge is 0.380 e. The summed E-state index contributed by atoms with van der Waals surface area (Å²) in [5, 5.41) is 0. The Labute approximate surface area is 134 Å². The van der Waals surface area contributed by atoms with E-state index in [1.54, 1.807) is 7.11 Å². The van der Waals surface area contributed by atoms with Gasteiger partial charge in [0.2, 0.25) is 0 Å². The topological polar surface area (TPSA) is 25.4 Å². The lowest BCUT2D eigenvalue weighted by Gasteiger charge is -2.18. The van der Waals surface area contributed by atoms with E-state index in [0.29, 0.717) is 6.10 Å². The van der Waals surface area contributed by atoms with Crippen molar-refractivity contribution in [2.24, 2.45) is 0 Å². The highest BCUT2D eigenvalue weighted by molar-refractivity contribution is 9.10. The van der Waals surface area contributed by atoms with Gasteiger partial charge in [-0.2, -0.15) is 0 Å². The van der Waals surface area contributed by atoms with Crippen LogP contribution in [0.15, 0.2) is 46.9 Å². The summed E-state index contributed by atoms with van der Waals surface area (Å²) in [5.74, 6) is 1.05. The molecule has 1 atom stereocenters. The second-order valence-electron chi connectivity index (χ2n) is 5.35. The Kier molecular flexibility index (Phi) is 4.56. The first kappa shape index (κ1) is 14.5. The second-order valence-corrected chi connectivity index (χ2v) is 6.21. The molecule has 0 radical (unpaired) electrons. The molecule has 0 spiro atoms. The number of rotatable bonds is 4. The number of halogens is 1. The Morgan fingerprint density at radius 1 is 1.24 bits per heavy atom. The van der Waals surface area contributed by atoms with Crippen molar-refractivity contribution in [2.75, 3.05) is 25.1 Å². The molecule has 3 nitrogen and oxygen atoms in total. The highest BCUT2D eigenvalue weighted by atomic mass is 79.9. The van der Waals surface area contributed by atoms with E-state index in [-0.39, 0.29) is 0 Å². The molecular weight excluding hydrogens is 328 g/mol. The lowest BCUT2D eigenvalue weighted by molar-refractivity contribution is 0.121. The van der Waals surface area contributed by atoms with Gasteiger partial charge >= 0.3 is 0 Å². The van der Waals surface area contributed by atoms with Crippen molar-refractivity contribution in [1.82, 2.24) is 4.98 Å². The van der Waals surface area contributed by atoms with Crippen LogP contribution in [0.2, 0.25) is 0 Å². The summed E-state index contributed by atoms with van der Waals surface area (Å²) in [4.78, 5) is 7.14. The molecule has 110 valence electrons. The predicted octanol–water partition coefficient (Wildman–Crippen LogP) is 3.66. The minimum Gasteiger partial charge on any atom is -0.380 e. The van der Waals surface area contributed by atoms with Crippen molar-refractivity contribution in [3.63, 3.8) is 0 Å². The average Bonchev–Trinajstić information content (AvgIpc) is 2.99. The van der Waals surface area contributed by atoms with Gasteiger partial charge in [0.05, 0.1) is 11.8 Å². The van der Waals surface area contributed by atoms with Crippen LogP contribution < -0.4 is 4.90 Å². The van der Waals surface area contributed by atoms with E-state index in [0.717, 1.165) is 41.9 Å². The smallest absolute Gasteiger partial charge is 0.128 e. The molecular formula is C17H19BrN2O. The quantitative estimate of drug-likeness (QED) is 0.844. The van der Waals surface area contributed by atoms with Crippen LogP contribution in [0, 0.1) is 0 Å². The molecule has 0 unspecified atom stereocenters. The molecule has 4 heteroatoms. The Balaban J connectivity index is 1.80. The number of pyridine rings is 1. The minimum absolute atomic E-state index is 0.327. The van der Waals surface area contributed by atoms with Gasteiger partial charge in [-0.1, -0.05) is 30.3 Å². The van der Waals surface area contributed by atoms with Gasteiger partial charge in [0.1, 0.15) is 5.82 Å². The summed E-state index contributed by atoms with van der Waals surface area (Å²) in [6.07, 6.45) is 2.24. The molecule has 1 saturated heterocycles. The summed E-state index contributed by atoms with van der Waals surface area (Å²) in [6, 6.07) is 14.6. The lowest BCUT2D eigenvalue weighted by Crippen LogP contribution is -2.23. The van der Waals surface area contributed by atoms with E-state index in [1.165, 1.54) is 5.56 Å². The summed E-state index contributed by atoms with van der Waals surface area (Å²) in [7, 11) is 1.78. The zero-order valence-electron chi connectivity index (χ0n) is 12.1. The maximum Gasteiger partial charge on any atom is 0.128 e. The van der Waals surface area contributed by atoms with Gasteiger partial charge in [0.25, 0.3) is 0 Å². The Morgan fingerprint density at radius 2 is 2.05 bits per heavy atom. The molecule has 3 rings (SSSR count). The van der Waals surface area contributed by atoms with Gasteiger partial charge in [-0.3, -0.25) is 0 Å². The number of aromatic nitrogens is 1. The number of ether oxygens (including phenoxy) is 1. The van der Waals surface area contributed by atoms with Crippen molar-refractivity contribution in [2.45, 2.75) is 18.9 Å². The van der Waals surface area contributed by atoms with E-state index in [2.05, 4.69) is 57.2 Å². The van der Waals surface area contributed by atoms with Crippen molar-refractivity contribution in [1.29, 1.82) is 0 Å². The lowest BCUT2D eigenvalue weighted by atomic mass is 10.1. The van der Waals surface area contributed by atoms with Crippen molar-refractivity contribution < 1.29 is 4.74 Å². The van der Waals surface area contributed by atoms with Crippen LogP contribution >= 0.6 is 15.9 Å². The molecule has 21 heavy (non-hydrogen) atoms. The molecule has 0 aliphatic carbocycles. The van der Waals surface area contributed by atoms with Crippen molar-refractivity contribution in [3.8, 4) is 0 Å². The fourth-order valence-corrected chi connectivity index (χ4v) is 3.05. The standard InChI is InChI=1S/C17H19BrN2O/c1-21-14-9-10-20(12-14)17-8-7-15(18)16(19-17)11-13-5-3-2-4-6-13/h2-8,14H,9-12H2,1H3/t14-/m0/s1. The van der Waals surface area contributed by atoms with Gasteiger partial charge < -0.3 is 9.64 Å². The number of hydrogen-bond donors (Lipinski definition) is 0. The number of anilines is 1. The number of nitrogens with zero attached hydrogens (tertiary/aromatic N) is 2. The highest BCUT2D eigenvalue weighted by Crippen LogP contribution is 2.25. The Bertz CT molecular complexity index is 603. The molecule has 1 aromatic carbocycles. The van der Waals surface area contributed by atoms with Gasteiger partial charge in [-0.05, 0) is 40.0 Å². The summed E-state index contributed by atoms with van der Waals surface area (Å²) in [5.41, 5.74) is 2.36. The van der Waals surface area contributed by atoms with Crippen LogP contribution in [0.5, 0.6) is 0 Å². The molecule has 1 aliphatic rings. The van der Waals surface area contributed by atoms with Crippen LogP contribution in [0.25, 0.3) is 0 Å². The molecule has 1 aromatic heterocycles. The third kappa shape index (κ3) is 3.44. The van der Waals surface area contributed by atoms with Crippen LogP contribution in [-0.4, -0.2) is 31.3 Å². The highest BCUT2D eigenvalue weighted by Gasteiger charge is 2.23. The molecule has 0 bridgehead atoms. The third-order valence-corrected chi connectivity index (χ3v) is 4.64. The molecule has 1 fully saturated rings. The van der Waals surface area contributed by atoms with Crippen LogP contribution in [0.1, 0.15) is 17.7 Å². The van der Waals surface area contributed by atoms with E-state index in [4.69, 9.17) is 9.72 Å². The van der Waals surface area contributed by atoms with Crippen molar-refractivity contribution >= 4 is 21.7 Å². The van der Waals surface area contributed by atoms with Crippen LogP contribution in [-0.2, 0) is 11.2 Å². The second kappa shape index (κ2) is 6.58. The predicted molar refractivity (Wildman–Crippen MR) is 88.8 cm³/mol. The molecule has 0 saturated carbocycles. The van der Waals surface area contributed by atoms with Crippen molar-refractivity contribution in [3.05, 3.63) is 58.2 Å². The summed E-state index contributed by atoms with van der Waals surface area (Å²) >= 11 is 3.62. The third-order valence-electron chi connectivity index (χ3n) is 3.92. The average molecular weight is 347 g/mol. The fourth-order valence-electron chi connectivity index (χ4n) is 2.69. The monoisotopic (exact) mass is 346 g/mol. The number of hydrogen-bond acceptors (Lipinski definition) is 3. The van der Waals surface area contributed by atoms with Crippen LogP contribution in [0.4, 0.5) is 5.82 Å².